The molecule has 1 aliphatic carbocycles. The second-order valence-electron chi connectivity index (χ2n) is 7.16. The van der Waals surface area contributed by atoms with Gasteiger partial charge in [-0.05, 0) is 37.0 Å². The van der Waals surface area contributed by atoms with E-state index >= 15 is 0 Å². The number of carbonyl (C=O) groups excluding carboxylic acids is 3. The molecule has 0 radical (unpaired) electrons. The Morgan fingerprint density at radius 2 is 1.93 bits per heavy atom. The molecule has 0 aromatic heterocycles. The number of imide groups is 1. The maximum absolute atomic E-state index is 12.1. The summed E-state index contributed by atoms with van der Waals surface area (Å²) in [6.07, 6.45) is 3.77. The van der Waals surface area contributed by atoms with Gasteiger partial charge in [0.05, 0.1) is 11.3 Å². The molecular weight excluding hydrogens is 434 g/mol. The van der Waals surface area contributed by atoms with Crippen molar-refractivity contribution in [1.82, 2.24) is 15.4 Å². The van der Waals surface area contributed by atoms with Crippen molar-refractivity contribution < 1.29 is 27.5 Å². The molecule has 2 atom stereocenters. The Bertz CT molecular complexity index is 877. The Morgan fingerprint density at radius 3 is 2.63 bits per heavy atom. The van der Waals surface area contributed by atoms with Crippen LogP contribution in [-0.4, -0.2) is 45.5 Å². The number of hydrogen-bond donors (Lipinski definition) is 3. The number of sulfonamides is 1. The highest BCUT2D eigenvalue weighted by molar-refractivity contribution is 7.89. The van der Waals surface area contributed by atoms with Crippen LogP contribution in [0, 0.1) is 5.92 Å². The Balaban J connectivity index is 1.66. The number of carbonyl (C=O) groups is 3. The second-order valence-corrected chi connectivity index (χ2v) is 9.36. The van der Waals surface area contributed by atoms with Gasteiger partial charge in [-0.1, -0.05) is 37.4 Å². The minimum atomic E-state index is -3.82. The van der Waals surface area contributed by atoms with Crippen LogP contribution in [0.4, 0.5) is 4.79 Å². The van der Waals surface area contributed by atoms with Crippen LogP contribution in [-0.2, 0) is 24.3 Å². The standard InChI is InChI=1S/C19H26ClN3O6S/c1-13-5-2-3-8-16(13)22-19(26)23-17(24)12-29-18(25)9-10-21-30(27,28)15-7-4-6-14(20)11-15/h4,6-7,11,13,16,21H,2-3,5,8-10,12H2,1H3,(H2,22,23,24,26). The first-order valence-electron chi connectivity index (χ1n) is 9.68. The van der Waals surface area contributed by atoms with Crippen LogP contribution in [0.25, 0.3) is 0 Å². The highest BCUT2D eigenvalue weighted by Crippen LogP contribution is 2.23. The van der Waals surface area contributed by atoms with Gasteiger partial charge >= 0.3 is 12.0 Å². The number of urea groups is 1. The average molecular weight is 460 g/mol. The summed E-state index contributed by atoms with van der Waals surface area (Å²) in [6.45, 7) is 1.21. The minimum absolute atomic E-state index is 0.0154. The zero-order chi connectivity index (χ0) is 22.1. The highest BCUT2D eigenvalue weighted by Gasteiger charge is 2.23. The van der Waals surface area contributed by atoms with Gasteiger partial charge in [0.1, 0.15) is 0 Å². The van der Waals surface area contributed by atoms with E-state index in [-0.39, 0.29) is 28.9 Å². The zero-order valence-corrected chi connectivity index (χ0v) is 18.2. The molecule has 0 spiro atoms. The van der Waals surface area contributed by atoms with Crippen molar-refractivity contribution in [3.63, 3.8) is 0 Å². The summed E-state index contributed by atoms with van der Waals surface area (Å²) in [6, 6.07) is 5.08. The third-order valence-corrected chi connectivity index (χ3v) is 6.47. The lowest BCUT2D eigenvalue weighted by Crippen LogP contribution is -2.48. The normalized spacial score (nSPS) is 19.0. The summed E-state index contributed by atoms with van der Waals surface area (Å²) in [5.41, 5.74) is 0. The molecule has 0 aliphatic heterocycles. The van der Waals surface area contributed by atoms with E-state index in [9.17, 15) is 22.8 Å². The maximum Gasteiger partial charge on any atom is 0.321 e. The van der Waals surface area contributed by atoms with Crippen molar-refractivity contribution in [2.75, 3.05) is 13.2 Å². The zero-order valence-electron chi connectivity index (χ0n) is 16.6. The van der Waals surface area contributed by atoms with Crippen molar-refractivity contribution >= 4 is 39.5 Å². The van der Waals surface area contributed by atoms with Crippen molar-refractivity contribution in [3.8, 4) is 0 Å². The number of esters is 1. The average Bonchev–Trinajstić information content (AvgIpc) is 2.68. The van der Waals surface area contributed by atoms with Gasteiger partial charge in [0.25, 0.3) is 5.91 Å². The fourth-order valence-electron chi connectivity index (χ4n) is 3.12. The lowest BCUT2D eigenvalue weighted by Gasteiger charge is -2.29. The van der Waals surface area contributed by atoms with E-state index in [0.29, 0.717) is 5.92 Å². The molecule has 9 nitrogen and oxygen atoms in total. The Morgan fingerprint density at radius 1 is 1.20 bits per heavy atom. The van der Waals surface area contributed by atoms with Gasteiger partial charge in [-0.3, -0.25) is 14.9 Å². The predicted octanol–water partition coefficient (Wildman–Crippen LogP) is 1.96. The molecule has 1 aromatic carbocycles. The minimum Gasteiger partial charge on any atom is -0.456 e. The number of hydrogen-bond acceptors (Lipinski definition) is 6. The Labute approximate surface area is 180 Å². The van der Waals surface area contributed by atoms with E-state index in [0.717, 1.165) is 25.7 Å². The first-order chi connectivity index (χ1) is 14.2. The predicted molar refractivity (Wildman–Crippen MR) is 110 cm³/mol. The quantitative estimate of drug-likeness (QED) is 0.509. The van der Waals surface area contributed by atoms with Gasteiger partial charge in [-0.25, -0.2) is 17.9 Å². The van der Waals surface area contributed by atoms with Gasteiger partial charge in [-0.15, -0.1) is 0 Å². The molecule has 2 unspecified atom stereocenters. The molecule has 3 N–H and O–H groups in total. The topological polar surface area (TPSA) is 131 Å². The number of benzene rings is 1. The molecule has 1 saturated carbocycles. The molecule has 0 saturated heterocycles. The fraction of sp³-hybridized carbons (Fsp3) is 0.526. The summed E-state index contributed by atoms with van der Waals surface area (Å²) in [4.78, 5) is 35.3. The van der Waals surface area contributed by atoms with Gasteiger partial charge in [0.15, 0.2) is 6.61 Å². The third-order valence-electron chi connectivity index (χ3n) is 4.77. The van der Waals surface area contributed by atoms with E-state index in [2.05, 4.69) is 15.4 Å². The van der Waals surface area contributed by atoms with Crippen LogP contribution in [0.2, 0.25) is 5.02 Å². The molecule has 0 bridgehead atoms. The molecule has 1 aromatic rings. The van der Waals surface area contributed by atoms with Gasteiger partial charge in [0.2, 0.25) is 10.0 Å². The summed E-state index contributed by atoms with van der Waals surface area (Å²) in [5.74, 6) is -1.20. The summed E-state index contributed by atoms with van der Waals surface area (Å²) in [7, 11) is -3.82. The van der Waals surface area contributed by atoms with E-state index in [4.69, 9.17) is 16.3 Å². The van der Waals surface area contributed by atoms with Gasteiger partial charge in [0, 0.05) is 17.6 Å². The molecule has 0 heterocycles. The molecule has 1 aliphatic rings. The second kappa shape index (κ2) is 11.3. The van der Waals surface area contributed by atoms with Crippen molar-refractivity contribution in [1.29, 1.82) is 0 Å². The fourth-order valence-corrected chi connectivity index (χ4v) is 4.45. The van der Waals surface area contributed by atoms with Crippen LogP contribution >= 0.6 is 11.6 Å². The van der Waals surface area contributed by atoms with E-state index in [1.165, 1.54) is 18.2 Å². The summed E-state index contributed by atoms with van der Waals surface area (Å²) in [5, 5.41) is 5.15. The van der Waals surface area contributed by atoms with Crippen molar-refractivity contribution in [2.24, 2.45) is 5.92 Å². The molecule has 1 fully saturated rings. The molecule has 30 heavy (non-hydrogen) atoms. The molecule has 166 valence electrons. The van der Waals surface area contributed by atoms with E-state index < -0.39 is 34.5 Å². The maximum atomic E-state index is 12.1. The Hall–Kier alpha value is -2.17. The lowest BCUT2D eigenvalue weighted by molar-refractivity contribution is -0.148. The van der Waals surface area contributed by atoms with Gasteiger partial charge < -0.3 is 10.1 Å². The van der Waals surface area contributed by atoms with E-state index in [1.54, 1.807) is 6.07 Å². The van der Waals surface area contributed by atoms with Crippen LogP contribution in [0.15, 0.2) is 29.2 Å². The molecule has 11 heteroatoms. The number of amides is 3. The smallest absolute Gasteiger partial charge is 0.321 e. The Kier molecular flexibility index (Phi) is 9.07. The van der Waals surface area contributed by atoms with Crippen molar-refractivity contribution in [2.45, 2.75) is 50.0 Å². The summed E-state index contributed by atoms with van der Waals surface area (Å²) >= 11 is 5.77. The van der Waals surface area contributed by atoms with Crippen LogP contribution in [0.5, 0.6) is 0 Å². The largest absolute Gasteiger partial charge is 0.456 e. The number of nitrogens with one attached hydrogen (secondary N) is 3. The monoisotopic (exact) mass is 459 g/mol. The van der Waals surface area contributed by atoms with Gasteiger partial charge in [-0.2, -0.15) is 0 Å². The van der Waals surface area contributed by atoms with Crippen molar-refractivity contribution in [3.05, 3.63) is 29.3 Å². The highest BCUT2D eigenvalue weighted by atomic mass is 35.5. The molecular formula is C19H26ClN3O6S. The molecule has 2 rings (SSSR count). The third kappa shape index (κ3) is 7.92. The van der Waals surface area contributed by atoms with Crippen LogP contribution in [0.1, 0.15) is 39.0 Å². The number of ether oxygens (including phenoxy) is 1. The first kappa shape index (κ1) is 24.1. The number of halogens is 1. The summed E-state index contributed by atoms with van der Waals surface area (Å²) < 4.78 is 31.2. The van der Waals surface area contributed by atoms with Crippen LogP contribution < -0.4 is 15.4 Å². The first-order valence-corrected chi connectivity index (χ1v) is 11.5. The van der Waals surface area contributed by atoms with E-state index in [1.807, 2.05) is 6.92 Å². The SMILES string of the molecule is CC1CCCCC1NC(=O)NC(=O)COC(=O)CCNS(=O)(=O)c1cccc(Cl)c1. The number of rotatable bonds is 8. The van der Waals surface area contributed by atoms with Crippen LogP contribution in [0.3, 0.4) is 0 Å². The lowest BCUT2D eigenvalue weighted by atomic mass is 9.86. The molecule has 3 amide bonds.